The van der Waals surface area contributed by atoms with E-state index in [9.17, 15) is 18.0 Å². The minimum absolute atomic E-state index is 0.0400. The average molecular weight is 492 g/mol. The Morgan fingerprint density at radius 3 is 2.31 bits per heavy atom. The van der Waals surface area contributed by atoms with Crippen LogP contribution in [0, 0.1) is 13.8 Å². The van der Waals surface area contributed by atoms with Crippen LogP contribution in [-0.2, 0) is 16.6 Å². The summed E-state index contributed by atoms with van der Waals surface area (Å²) in [6.45, 7) is 5.47. The summed E-state index contributed by atoms with van der Waals surface area (Å²) in [5, 5.41) is 2.85. The average Bonchev–Trinajstić information content (AvgIpc) is 3.39. The molecule has 0 unspecified atom stereocenters. The molecule has 8 heteroatoms. The number of benzene rings is 3. The van der Waals surface area contributed by atoms with Crippen LogP contribution in [-0.4, -0.2) is 38.2 Å². The number of likely N-dealkylation sites (tertiary alicyclic amines) is 1. The number of anilines is 1. The molecule has 0 aromatic heterocycles. The molecule has 35 heavy (non-hydrogen) atoms. The molecule has 0 spiro atoms. The Morgan fingerprint density at radius 2 is 1.60 bits per heavy atom. The van der Waals surface area contributed by atoms with Crippen LogP contribution in [0.25, 0.3) is 0 Å². The number of hydrogen-bond donors (Lipinski definition) is 2. The zero-order valence-electron chi connectivity index (χ0n) is 19.9. The van der Waals surface area contributed by atoms with Crippen LogP contribution in [0.4, 0.5) is 5.69 Å². The van der Waals surface area contributed by atoms with Gasteiger partial charge in [-0.25, -0.2) is 8.42 Å². The number of hydrogen-bond acceptors (Lipinski definition) is 4. The van der Waals surface area contributed by atoms with Crippen molar-refractivity contribution in [2.75, 3.05) is 17.8 Å². The van der Waals surface area contributed by atoms with Gasteiger partial charge in [0.1, 0.15) is 0 Å². The Morgan fingerprint density at radius 1 is 0.886 bits per heavy atom. The van der Waals surface area contributed by atoms with Crippen molar-refractivity contribution in [3.63, 3.8) is 0 Å². The maximum Gasteiger partial charge on any atom is 0.262 e. The van der Waals surface area contributed by atoms with E-state index in [1.807, 2.05) is 30.0 Å². The zero-order chi connectivity index (χ0) is 25.0. The highest BCUT2D eigenvalue weighted by atomic mass is 32.2. The van der Waals surface area contributed by atoms with Crippen LogP contribution in [0.3, 0.4) is 0 Å². The van der Waals surface area contributed by atoms with Crippen molar-refractivity contribution in [2.45, 2.75) is 38.1 Å². The van der Waals surface area contributed by atoms with Gasteiger partial charge in [-0.05, 0) is 79.8 Å². The van der Waals surface area contributed by atoms with Gasteiger partial charge in [0.2, 0.25) is 0 Å². The number of sulfonamides is 1. The van der Waals surface area contributed by atoms with Gasteiger partial charge in [-0.1, -0.05) is 30.3 Å². The lowest BCUT2D eigenvalue weighted by molar-refractivity contribution is 0.0792. The Balaban J connectivity index is 1.39. The summed E-state index contributed by atoms with van der Waals surface area (Å²) in [6.07, 6.45) is 2.09. The van der Waals surface area contributed by atoms with Gasteiger partial charge in [-0.15, -0.1) is 0 Å². The summed E-state index contributed by atoms with van der Waals surface area (Å²) >= 11 is 0. The molecule has 3 aromatic rings. The number of aryl methyl sites for hydroxylation is 2. The van der Waals surface area contributed by atoms with Crippen molar-refractivity contribution in [1.82, 2.24) is 10.2 Å². The fourth-order valence-corrected chi connectivity index (χ4v) is 5.46. The lowest BCUT2D eigenvalue weighted by Gasteiger charge is -2.15. The van der Waals surface area contributed by atoms with Gasteiger partial charge in [0.25, 0.3) is 21.8 Å². The van der Waals surface area contributed by atoms with Gasteiger partial charge in [-0.3, -0.25) is 14.3 Å². The van der Waals surface area contributed by atoms with Crippen LogP contribution in [0.5, 0.6) is 0 Å². The summed E-state index contributed by atoms with van der Waals surface area (Å²) < 4.78 is 28.3. The van der Waals surface area contributed by atoms with E-state index < -0.39 is 10.0 Å². The molecule has 1 heterocycles. The van der Waals surface area contributed by atoms with Gasteiger partial charge < -0.3 is 10.2 Å². The van der Waals surface area contributed by atoms with Gasteiger partial charge in [0, 0.05) is 36.4 Å². The second-order valence-electron chi connectivity index (χ2n) is 8.83. The summed E-state index contributed by atoms with van der Waals surface area (Å²) in [7, 11) is -3.79. The Labute approximate surface area is 206 Å². The molecule has 7 nitrogen and oxygen atoms in total. The number of nitrogens with one attached hydrogen (secondary N) is 2. The molecular weight excluding hydrogens is 462 g/mol. The summed E-state index contributed by atoms with van der Waals surface area (Å²) in [5.74, 6) is -0.284. The topological polar surface area (TPSA) is 95.6 Å². The van der Waals surface area contributed by atoms with E-state index in [0.29, 0.717) is 22.4 Å². The Kier molecular flexibility index (Phi) is 7.21. The van der Waals surface area contributed by atoms with E-state index in [2.05, 4.69) is 10.0 Å². The van der Waals surface area contributed by atoms with Gasteiger partial charge in [0.05, 0.1) is 4.90 Å². The van der Waals surface area contributed by atoms with E-state index in [4.69, 9.17) is 0 Å². The maximum atomic E-state index is 12.9. The second kappa shape index (κ2) is 10.3. The van der Waals surface area contributed by atoms with Crippen LogP contribution in [0.15, 0.2) is 71.6 Å². The number of amides is 2. The van der Waals surface area contributed by atoms with Gasteiger partial charge in [-0.2, -0.15) is 0 Å². The molecule has 4 rings (SSSR count). The second-order valence-corrected chi connectivity index (χ2v) is 10.5. The van der Waals surface area contributed by atoms with Gasteiger partial charge in [0.15, 0.2) is 0 Å². The minimum atomic E-state index is -3.79. The minimum Gasteiger partial charge on any atom is -0.348 e. The first kappa shape index (κ1) is 24.5. The van der Waals surface area contributed by atoms with Crippen LogP contribution >= 0.6 is 0 Å². The lowest BCUT2D eigenvalue weighted by Crippen LogP contribution is -2.27. The zero-order valence-corrected chi connectivity index (χ0v) is 20.7. The fraction of sp³-hybridized carbons (Fsp3) is 0.259. The molecule has 1 aliphatic heterocycles. The predicted molar refractivity (Wildman–Crippen MR) is 136 cm³/mol. The molecule has 1 fully saturated rings. The van der Waals surface area contributed by atoms with Crippen molar-refractivity contribution in [3.8, 4) is 0 Å². The van der Waals surface area contributed by atoms with E-state index >= 15 is 0 Å². The number of nitrogens with zero attached hydrogens (tertiary/aromatic N) is 1. The third-order valence-electron chi connectivity index (χ3n) is 6.06. The largest absolute Gasteiger partial charge is 0.348 e. The molecule has 0 aliphatic carbocycles. The highest BCUT2D eigenvalue weighted by Crippen LogP contribution is 2.21. The number of carbonyl (C=O) groups is 2. The van der Waals surface area contributed by atoms with Crippen LogP contribution in [0.1, 0.15) is 50.2 Å². The summed E-state index contributed by atoms with van der Waals surface area (Å²) in [6, 6.07) is 18.9. The monoisotopic (exact) mass is 491 g/mol. The maximum absolute atomic E-state index is 12.9. The number of rotatable bonds is 7. The van der Waals surface area contributed by atoms with E-state index in [0.717, 1.165) is 37.1 Å². The van der Waals surface area contributed by atoms with Crippen molar-refractivity contribution < 1.29 is 18.0 Å². The van der Waals surface area contributed by atoms with E-state index in [-0.39, 0.29) is 23.3 Å². The summed E-state index contributed by atoms with van der Waals surface area (Å²) in [5.41, 5.74) is 3.65. The molecule has 2 N–H and O–H groups in total. The molecule has 2 amide bonds. The lowest BCUT2D eigenvalue weighted by atomic mass is 10.1. The molecular formula is C27H29N3O4S. The van der Waals surface area contributed by atoms with Crippen molar-refractivity contribution in [1.29, 1.82) is 0 Å². The van der Waals surface area contributed by atoms with Crippen molar-refractivity contribution in [3.05, 3.63) is 94.5 Å². The van der Waals surface area contributed by atoms with Crippen LogP contribution in [0.2, 0.25) is 0 Å². The first-order valence-electron chi connectivity index (χ1n) is 11.6. The highest BCUT2D eigenvalue weighted by molar-refractivity contribution is 7.92. The standard InChI is InChI=1S/C27H29N3O4S/c1-19-8-9-20(2)25(16-19)35(33,34)29-24-7-5-6-23(17-24)26(31)28-18-21-10-12-22(13-11-21)27(32)30-14-3-4-15-30/h5-13,16-17,29H,3-4,14-15,18H2,1-2H3,(H,28,31). The van der Waals surface area contributed by atoms with E-state index in [1.54, 1.807) is 49.4 Å². The van der Waals surface area contributed by atoms with Crippen molar-refractivity contribution >= 4 is 27.5 Å². The molecule has 182 valence electrons. The third kappa shape index (κ3) is 5.89. The van der Waals surface area contributed by atoms with Crippen LogP contribution < -0.4 is 10.0 Å². The molecule has 0 radical (unpaired) electrons. The quantitative estimate of drug-likeness (QED) is 0.516. The Hall–Kier alpha value is -3.65. The first-order chi connectivity index (χ1) is 16.7. The molecule has 1 aliphatic rings. The smallest absolute Gasteiger partial charge is 0.262 e. The third-order valence-corrected chi connectivity index (χ3v) is 7.58. The van der Waals surface area contributed by atoms with Gasteiger partial charge >= 0.3 is 0 Å². The summed E-state index contributed by atoms with van der Waals surface area (Å²) in [4.78, 5) is 27.2. The predicted octanol–water partition coefficient (Wildman–Crippen LogP) is 4.27. The molecule has 0 bridgehead atoms. The Bertz CT molecular complexity index is 1350. The normalized spacial score (nSPS) is 13.5. The SMILES string of the molecule is Cc1ccc(C)c(S(=O)(=O)Nc2cccc(C(=O)NCc3ccc(C(=O)N4CCCC4)cc3)c2)c1. The van der Waals surface area contributed by atoms with E-state index in [1.165, 1.54) is 6.07 Å². The fourth-order valence-electron chi connectivity index (χ4n) is 4.08. The molecule has 3 aromatic carbocycles. The van der Waals surface area contributed by atoms with Crippen molar-refractivity contribution in [2.24, 2.45) is 0 Å². The first-order valence-corrected chi connectivity index (χ1v) is 13.1. The number of carbonyl (C=O) groups excluding carboxylic acids is 2. The highest BCUT2D eigenvalue weighted by Gasteiger charge is 2.20. The molecule has 1 saturated heterocycles. The molecule has 0 atom stereocenters. The molecule has 0 saturated carbocycles.